The first kappa shape index (κ1) is 8.56. The minimum atomic E-state index is 0.0983. The zero-order chi connectivity index (χ0) is 9.42. The SMILES string of the molecule is CN1C(=O)CCCn2cnc(Cl)c21. The number of aryl methyl sites for hydroxylation is 1. The first-order valence-electron chi connectivity index (χ1n) is 4.17. The van der Waals surface area contributed by atoms with Gasteiger partial charge in [-0.3, -0.25) is 9.69 Å². The molecule has 70 valence electrons. The Hall–Kier alpha value is -1.03. The second-order valence-electron chi connectivity index (χ2n) is 3.11. The second kappa shape index (κ2) is 3.03. The Kier molecular flexibility index (Phi) is 2.00. The molecule has 1 aromatic rings. The van der Waals surface area contributed by atoms with Crippen molar-refractivity contribution in [1.82, 2.24) is 9.55 Å². The van der Waals surface area contributed by atoms with Crippen molar-refractivity contribution in [3.05, 3.63) is 11.5 Å². The summed E-state index contributed by atoms with van der Waals surface area (Å²) in [4.78, 5) is 17.0. The molecule has 1 amide bonds. The summed E-state index contributed by atoms with van der Waals surface area (Å²) in [7, 11) is 1.73. The molecule has 0 aliphatic carbocycles. The zero-order valence-electron chi connectivity index (χ0n) is 7.33. The average Bonchev–Trinajstić information content (AvgIpc) is 2.39. The van der Waals surface area contributed by atoms with Gasteiger partial charge in [0.05, 0.1) is 6.33 Å². The summed E-state index contributed by atoms with van der Waals surface area (Å²) in [5.41, 5.74) is 0. The smallest absolute Gasteiger partial charge is 0.227 e. The first-order chi connectivity index (χ1) is 6.20. The van der Waals surface area contributed by atoms with Gasteiger partial charge in [0.25, 0.3) is 0 Å². The summed E-state index contributed by atoms with van der Waals surface area (Å²) in [6.45, 7) is 0.811. The summed E-state index contributed by atoms with van der Waals surface area (Å²) < 4.78 is 1.91. The molecular formula is C8H10ClN3O. The van der Waals surface area contributed by atoms with Crippen molar-refractivity contribution in [2.45, 2.75) is 19.4 Å². The van der Waals surface area contributed by atoms with E-state index in [9.17, 15) is 4.79 Å². The van der Waals surface area contributed by atoms with Crippen molar-refractivity contribution in [2.75, 3.05) is 11.9 Å². The highest BCUT2D eigenvalue weighted by atomic mass is 35.5. The van der Waals surface area contributed by atoms with Crippen LogP contribution in [0, 0.1) is 0 Å². The number of halogens is 1. The third kappa shape index (κ3) is 1.31. The molecule has 0 fully saturated rings. The Balaban J connectivity index is 2.49. The fourth-order valence-electron chi connectivity index (χ4n) is 1.53. The van der Waals surface area contributed by atoms with Crippen LogP contribution in [0.1, 0.15) is 12.8 Å². The lowest BCUT2D eigenvalue weighted by molar-refractivity contribution is -0.118. The van der Waals surface area contributed by atoms with E-state index in [1.807, 2.05) is 4.57 Å². The topological polar surface area (TPSA) is 38.1 Å². The van der Waals surface area contributed by atoms with Crippen LogP contribution < -0.4 is 4.90 Å². The molecule has 2 rings (SSSR count). The van der Waals surface area contributed by atoms with Gasteiger partial charge in [-0.25, -0.2) is 4.98 Å². The largest absolute Gasteiger partial charge is 0.316 e. The molecule has 1 aliphatic rings. The third-order valence-corrected chi connectivity index (χ3v) is 2.52. The Morgan fingerprint density at radius 2 is 2.38 bits per heavy atom. The number of carbonyl (C=O) groups is 1. The number of rotatable bonds is 0. The first-order valence-corrected chi connectivity index (χ1v) is 4.55. The van der Waals surface area contributed by atoms with Gasteiger partial charge in [0.2, 0.25) is 5.91 Å². The van der Waals surface area contributed by atoms with Gasteiger partial charge in [-0.1, -0.05) is 11.6 Å². The Morgan fingerprint density at radius 1 is 1.62 bits per heavy atom. The predicted molar refractivity (Wildman–Crippen MR) is 49.9 cm³/mol. The zero-order valence-corrected chi connectivity index (χ0v) is 8.08. The van der Waals surface area contributed by atoms with Crippen LogP contribution >= 0.6 is 11.6 Å². The molecule has 1 aliphatic heterocycles. The maximum atomic E-state index is 11.5. The van der Waals surface area contributed by atoms with Gasteiger partial charge < -0.3 is 4.57 Å². The van der Waals surface area contributed by atoms with Crippen molar-refractivity contribution in [1.29, 1.82) is 0 Å². The Morgan fingerprint density at radius 3 is 3.15 bits per heavy atom. The number of fused-ring (bicyclic) bond motifs is 1. The van der Waals surface area contributed by atoms with E-state index in [0.717, 1.165) is 13.0 Å². The summed E-state index contributed by atoms with van der Waals surface area (Å²) in [6, 6.07) is 0. The number of imidazole rings is 1. The van der Waals surface area contributed by atoms with Gasteiger partial charge in [0.1, 0.15) is 0 Å². The summed E-state index contributed by atoms with van der Waals surface area (Å²) in [5.74, 6) is 0.810. The lowest BCUT2D eigenvalue weighted by Gasteiger charge is -2.14. The van der Waals surface area contributed by atoms with Crippen LogP contribution in [0.4, 0.5) is 5.82 Å². The number of carbonyl (C=O) groups excluding carboxylic acids is 1. The molecule has 5 heteroatoms. The van der Waals surface area contributed by atoms with Crippen LogP contribution in [-0.4, -0.2) is 22.5 Å². The monoisotopic (exact) mass is 199 g/mol. The van der Waals surface area contributed by atoms with E-state index in [1.54, 1.807) is 18.3 Å². The molecule has 1 aromatic heterocycles. The molecule has 0 bridgehead atoms. The van der Waals surface area contributed by atoms with E-state index in [4.69, 9.17) is 11.6 Å². The quantitative estimate of drug-likeness (QED) is 0.632. The van der Waals surface area contributed by atoms with Gasteiger partial charge in [-0.2, -0.15) is 0 Å². The molecule has 0 saturated heterocycles. The van der Waals surface area contributed by atoms with Crippen molar-refractivity contribution in [3.63, 3.8) is 0 Å². The minimum absolute atomic E-state index is 0.0983. The molecular weight excluding hydrogens is 190 g/mol. The normalized spacial score (nSPS) is 17.1. The summed E-state index contributed by atoms with van der Waals surface area (Å²) >= 11 is 5.86. The molecule has 0 N–H and O–H groups in total. The highest BCUT2D eigenvalue weighted by Crippen LogP contribution is 2.26. The fraction of sp³-hybridized carbons (Fsp3) is 0.500. The van der Waals surface area contributed by atoms with Gasteiger partial charge in [-0.15, -0.1) is 0 Å². The molecule has 2 heterocycles. The van der Waals surface area contributed by atoms with Gasteiger partial charge >= 0.3 is 0 Å². The van der Waals surface area contributed by atoms with Crippen LogP contribution in [-0.2, 0) is 11.3 Å². The minimum Gasteiger partial charge on any atom is -0.316 e. The lowest BCUT2D eigenvalue weighted by atomic mass is 10.3. The number of hydrogen-bond donors (Lipinski definition) is 0. The molecule has 0 aromatic carbocycles. The van der Waals surface area contributed by atoms with E-state index < -0.39 is 0 Å². The average molecular weight is 200 g/mol. The van der Waals surface area contributed by atoms with Gasteiger partial charge in [0.15, 0.2) is 11.0 Å². The molecule has 0 atom stereocenters. The van der Waals surface area contributed by atoms with Crippen LogP contribution in [0.5, 0.6) is 0 Å². The number of amides is 1. The van der Waals surface area contributed by atoms with E-state index in [0.29, 0.717) is 17.4 Å². The number of aromatic nitrogens is 2. The van der Waals surface area contributed by atoms with Crippen molar-refractivity contribution >= 4 is 23.3 Å². The van der Waals surface area contributed by atoms with Crippen molar-refractivity contribution in [2.24, 2.45) is 0 Å². The van der Waals surface area contributed by atoms with Crippen LogP contribution in [0.2, 0.25) is 5.15 Å². The van der Waals surface area contributed by atoms with E-state index in [1.165, 1.54) is 0 Å². The summed E-state index contributed by atoms with van der Waals surface area (Å²) in [5, 5.41) is 0.401. The third-order valence-electron chi connectivity index (χ3n) is 2.25. The van der Waals surface area contributed by atoms with Gasteiger partial charge in [0, 0.05) is 20.0 Å². The Labute approximate surface area is 81.1 Å². The molecule has 13 heavy (non-hydrogen) atoms. The van der Waals surface area contributed by atoms with Crippen LogP contribution in [0.25, 0.3) is 0 Å². The number of anilines is 1. The maximum absolute atomic E-state index is 11.5. The molecule has 0 saturated carbocycles. The van der Waals surface area contributed by atoms with E-state index in [2.05, 4.69) is 4.98 Å². The molecule has 0 radical (unpaired) electrons. The van der Waals surface area contributed by atoms with Gasteiger partial charge in [-0.05, 0) is 6.42 Å². The standard InChI is InChI=1S/C8H10ClN3O/c1-11-6(13)3-2-4-12-5-10-7(9)8(11)12/h5H,2-4H2,1H3. The van der Waals surface area contributed by atoms with Crippen LogP contribution in [0.3, 0.4) is 0 Å². The highest BCUT2D eigenvalue weighted by Gasteiger charge is 2.21. The molecule has 4 nitrogen and oxygen atoms in total. The molecule has 0 unspecified atom stereocenters. The van der Waals surface area contributed by atoms with E-state index >= 15 is 0 Å². The summed E-state index contributed by atoms with van der Waals surface area (Å²) in [6.07, 6.45) is 3.10. The van der Waals surface area contributed by atoms with E-state index in [-0.39, 0.29) is 5.91 Å². The Bertz CT molecular complexity index is 347. The second-order valence-corrected chi connectivity index (χ2v) is 3.47. The van der Waals surface area contributed by atoms with Crippen molar-refractivity contribution in [3.8, 4) is 0 Å². The predicted octanol–water partition coefficient (Wildman–Crippen LogP) is 1.29. The fourth-order valence-corrected chi connectivity index (χ4v) is 1.81. The lowest BCUT2D eigenvalue weighted by Crippen LogP contribution is -2.25. The maximum Gasteiger partial charge on any atom is 0.227 e. The van der Waals surface area contributed by atoms with Crippen molar-refractivity contribution < 1.29 is 4.79 Å². The molecule has 0 spiro atoms. The number of nitrogens with zero attached hydrogens (tertiary/aromatic N) is 3. The highest BCUT2D eigenvalue weighted by molar-refractivity contribution is 6.32. The number of hydrogen-bond acceptors (Lipinski definition) is 2. The van der Waals surface area contributed by atoms with Crippen LogP contribution in [0.15, 0.2) is 6.33 Å².